The molecule has 0 radical (unpaired) electrons. The topological polar surface area (TPSA) is 59.8 Å². The van der Waals surface area contributed by atoms with E-state index in [1.165, 1.54) is 0 Å². The Morgan fingerprint density at radius 1 is 1.14 bits per heavy atom. The van der Waals surface area contributed by atoms with E-state index in [0.717, 1.165) is 18.7 Å². The van der Waals surface area contributed by atoms with Gasteiger partial charge in [-0.3, -0.25) is 0 Å². The summed E-state index contributed by atoms with van der Waals surface area (Å²) in [5.74, 6) is 1.94. The van der Waals surface area contributed by atoms with Crippen molar-refractivity contribution >= 4 is 11.4 Å². The van der Waals surface area contributed by atoms with Gasteiger partial charge in [0.25, 0.3) is 0 Å². The van der Waals surface area contributed by atoms with Crippen molar-refractivity contribution in [2.45, 2.75) is 26.3 Å². The van der Waals surface area contributed by atoms with Gasteiger partial charge in [-0.25, -0.2) is 0 Å². The maximum Gasteiger partial charge on any atom is 0.162 e. The molecular weight excluding hydrogens is 266 g/mol. The summed E-state index contributed by atoms with van der Waals surface area (Å²) in [6, 6.07) is 4.03. The smallest absolute Gasteiger partial charge is 0.162 e. The number of methoxy groups -OCH3 is 2. The van der Waals surface area contributed by atoms with Crippen LogP contribution in [0.25, 0.3) is 0 Å². The van der Waals surface area contributed by atoms with Gasteiger partial charge in [0.1, 0.15) is 0 Å². The summed E-state index contributed by atoms with van der Waals surface area (Å²) >= 11 is 0. The Kier molecular flexibility index (Phi) is 6.62. The lowest BCUT2D eigenvalue weighted by atomic mass is 10.0. The van der Waals surface area contributed by atoms with E-state index in [2.05, 4.69) is 38.2 Å². The Balaban J connectivity index is 2.96. The first-order valence-corrected chi connectivity index (χ1v) is 7.30. The molecule has 1 atom stereocenters. The van der Waals surface area contributed by atoms with Crippen LogP contribution in [0.2, 0.25) is 0 Å². The maximum atomic E-state index is 6.12. The fourth-order valence-corrected chi connectivity index (χ4v) is 2.43. The van der Waals surface area contributed by atoms with Crippen molar-refractivity contribution in [1.82, 2.24) is 4.90 Å². The molecule has 0 heterocycles. The van der Waals surface area contributed by atoms with Gasteiger partial charge in [-0.15, -0.1) is 0 Å². The van der Waals surface area contributed by atoms with Crippen molar-refractivity contribution in [2.75, 3.05) is 45.9 Å². The number of ether oxygens (including phenoxy) is 2. The van der Waals surface area contributed by atoms with Crippen LogP contribution in [0.15, 0.2) is 12.1 Å². The van der Waals surface area contributed by atoms with Gasteiger partial charge in [0.15, 0.2) is 11.5 Å². The summed E-state index contributed by atoms with van der Waals surface area (Å²) in [4.78, 5) is 2.18. The van der Waals surface area contributed by atoms with E-state index in [1.807, 2.05) is 6.07 Å². The number of nitrogen functional groups attached to an aromatic ring is 1. The number of likely N-dealkylation sites (N-methyl/N-ethyl adjacent to an activating group) is 1. The molecule has 21 heavy (non-hydrogen) atoms. The zero-order valence-corrected chi connectivity index (χ0v) is 14.1. The molecule has 0 spiro atoms. The third kappa shape index (κ3) is 5.34. The highest BCUT2D eigenvalue weighted by molar-refractivity contribution is 5.72. The molecule has 3 N–H and O–H groups in total. The molecule has 0 saturated heterocycles. The van der Waals surface area contributed by atoms with E-state index in [-0.39, 0.29) is 0 Å². The summed E-state index contributed by atoms with van der Waals surface area (Å²) < 4.78 is 10.6. The van der Waals surface area contributed by atoms with Crippen LogP contribution >= 0.6 is 0 Å². The number of nitrogens with zero attached hydrogens (tertiary/aromatic N) is 1. The molecule has 1 rings (SSSR count). The SMILES string of the molecule is COc1cc(N)c(NC(CC(C)C)CN(C)C)cc1OC. The van der Waals surface area contributed by atoms with E-state index in [4.69, 9.17) is 15.2 Å². The number of nitrogens with two attached hydrogens (primary N) is 1. The second kappa shape index (κ2) is 7.98. The monoisotopic (exact) mass is 295 g/mol. The molecule has 1 unspecified atom stereocenters. The van der Waals surface area contributed by atoms with Crippen LogP contribution in [0.1, 0.15) is 20.3 Å². The van der Waals surface area contributed by atoms with Crippen LogP contribution in [0, 0.1) is 5.92 Å². The molecule has 1 aromatic carbocycles. The molecular formula is C16H29N3O2. The molecule has 5 nitrogen and oxygen atoms in total. The lowest BCUT2D eigenvalue weighted by Crippen LogP contribution is -2.33. The zero-order valence-electron chi connectivity index (χ0n) is 14.1. The van der Waals surface area contributed by atoms with E-state index in [0.29, 0.717) is 29.1 Å². The Morgan fingerprint density at radius 2 is 1.71 bits per heavy atom. The summed E-state index contributed by atoms with van der Waals surface area (Å²) in [7, 11) is 7.39. The molecule has 0 amide bonds. The quantitative estimate of drug-likeness (QED) is 0.722. The van der Waals surface area contributed by atoms with Gasteiger partial charge < -0.3 is 25.4 Å². The number of hydrogen-bond donors (Lipinski definition) is 2. The number of anilines is 2. The minimum Gasteiger partial charge on any atom is -0.493 e. The van der Waals surface area contributed by atoms with Gasteiger partial charge in [0.2, 0.25) is 0 Å². The minimum atomic E-state index is 0.334. The average Bonchev–Trinajstić information content (AvgIpc) is 2.38. The van der Waals surface area contributed by atoms with Crippen molar-refractivity contribution in [2.24, 2.45) is 5.92 Å². The molecule has 120 valence electrons. The fourth-order valence-electron chi connectivity index (χ4n) is 2.43. The van der Waals surface area contributed by atoms with Gasteiger partial charge in [-0.1, -0.05) is 13.8 Å². The molecule has 0 aromatic heterocycles. The van der Waals surface area contributed by atoms with Crippen LogP contribution in [0.5, 0.6) is 11.5 Å². The average molecular weight is 295 g/mol. The first-order valence-electron chi connectivity index (χ1n) is 7.30. The van der Waals surface area contributed by atoms with Crippen molar-refractivity contribution < 1.29 is 9.47 Å². The van der Waals surface area contributed by atoms with Gasteiger partial charge >= 0.3 is 0 Å². The molecule has 1 aromatic rings. The summed E-state index contributed by atoms with van der Waals surface area (Å²) in [5.41, 5.74) is 7.67. The van der Waals surface area contributed by atoms with Crippen LogP contribution in [0.3, 0.4) is 0 Å². The largest absolute Gasteiger partial charge is 0.493 e. The van der Waals surface area contributed by atoms with E-state index < -0.39 is 0 Å². The van der Waals surface area contributed by atoms with Crippen molar-refractivity contribution in [3.8, 4) is 11.5 Å². The van der Waals surface area contributed by atoms with Gasteiger partial charge in [-0.2, -0.15) is 0 Å². The second-order valence-corrected chi connectivity index (χ2v) is 6.03. The Labute approximate surface area is 128 Å². The lowest BCUT2D eigenvalue weighted by molar-refractivity contribution is 0.352. The summed E-state index contributed by atoms with van der Waals surface area (Å²) in [6.45, 7) is 5.40. The van der Waals surface area contributed by atoms with Gasteiger partial charge in [0, 0.05) is 24.7 Å². The molecule has 0 bridgehead atoms. The minimum absolute atomic E-state index is 0.334. The first-order chi connectivity index (χ1) is 9.87. The predicted octanol–water partition coefficient (Wildman–Crippen LogP) is 2.67. The highest BCUT2D eigenvalue weighted by atomic mass is 16.5. The number of hydrogen-bond acceptors (Lipinski definition) is 5. The zero-order chi connectivity index (χ0) is 16.0. The number of nitrogens with one attached hydrogen (secondary N) is 1. The number of benzene rings is 1. The van der Waals surface area contributed by atoms with E-state index in [1.54, 1.807) is 20.3 Å². The molecule has 0 fully saturated rings. The third-order valence-corrected chi connectivity index (χ3v) is 3.26. The molecule has 5 heteroatoms. The van der Waals surface area contributed by atoms with Crippen molar-refractivity contribution in [3.05, 3.63) is 12.1 Å². The van der Waals surface area contributed by atoms with Crippen LogP contribution in [-0.4, -0.2) is 45.8 Å². The van der Waals surface area contributed by atoms with Crippen molar-refractivity contribution in [3.63, 3.8) is 0 Å². The normalized spacial score (nSPS) is 12.6. The predicted molar refractivity (Wildman–Crippen MR) is 89.4 cm³/mol. The second-order valence-electron chi connectivity index (χ2n) is 6.03. The van der Waals surface area contributed by atoms with Gasteiger partial charge in [-0.05, 0) is 26.4 Å². The molecule has 0 saturated carbocycles. The van der Waals surface area contributed by atoms with E-state index in [9.17, 15) is 0 Å². The highest BCUT2D eigenvalue weighted by Crippen LogP contribution is 2.35. The van der Waals surface area contributed by atoms with Crippen LogP contribution in [-0.2, 0) is 0 Å². The molecule has 0 aliphatic carbocycles. The summed E-state index contributed by atoms with van der Waals surface area (Å²) in [6.07, 6.45) is 1.08. The Morgan fingerprint density at radius 3 is 2.19 bits per heavy atom. The molecule has 0 aliphatic rings. The fraction of sp³-hybridized carbons (Fsp3) is 0.625. The maximum absolute atomic E-state index is 6.12. The highest BCUT2D eigenvalue weighted by Gasteiger charge is 2.15. The Bertz CT molecular complexity index is 437. The molecule has 0 aliphatic heterocycles. The van der Waals surface area contributed by atoms with E-state index >= 15 is 0 Å². The third-order valence-electron chi connectivity index (χ3n) is 3.26. The Hall–Kier alpha value is -1.62. The first kappa shape index (κ1) is 17.4. The van der Waals surface area contributed by atoms with Crippen LogP contribution < -0.4 is 20.5 Å². The lowest BCUT2D eigenvalue weighted by Gasteiger charge is -2.26. The standard InChI is InChI=1S/C16H29N3O2/c1-11(2)7-12(10-19(3)4)18-14-9-16(21-6)15(20-5)8-13(14)17/h8-9,11-12,18H,7,10,17H2,1-6H3. The van der Waals surface area contributed by atoms with Gasteiger partial charge in [0.05, 0.1) is 25.6 Å². The number of rotatable bonds is 8. The summed E-state index contributed by atoms with van der Waals surface area (Å²) in [5, 5.41) is 3.53. The van der Waals surface area contributed by atoms with Crippen LogP contribution in [0.4, 0.5) is 11.4 Å². The van der Waals surface area contributed by atoms with Crippen molar-refractivity contribution in [1.29, 1.82) is 0 Å².